The molecule has 0 spiro atoms. The number of carbonyl (C=O) groups excluding carboxylic acids is 3. The third-order valence-electron chi connectivity index (χ3n) is 5.14. The number of hydrogen-bond donors (Lipinski definition) is 1. The average Bonchev–Trinajstić information content (AvgIpc) is 3.43. The van der Waals surface area contributed by atoms with Gasteiger partial charge >= 0.3 is 11.9 Å². The molecule has 1 amide bonds. The first-order valence-corrected chi connectivity index (χ1v) is 10.3. The monoisotopic (exact) mass is 416 g/mol. The molecule has 1 saturated heterocycles. The highest BCUT2D eigenvalue weighted by Crippen LogP contribution is 2.34. The van der Waals surface area contributed by atoms with Gasteiger partial charge < -0.3 is 14.8 Å². The molecule has 8 heteroatoms. The molecule has 0 unspecified atom stereocenters. The van der Waals surface area contributed by atoms with E-state index in [1.54, 1.807) is 11.3 Å². The van der Waals surface area contributed by atoms with Gasteiger partial charge in [-0.05, 0) is 66.9 Å². The molecular formula is C21H24N2O5S. The van der Waals surface area contributed by atoms with Crippen LogP contribution in [0.1, 0.15) is 52.1 Å². The number of methoxy groups -OCH3 is 2. The van der Waals surface area contributed by atoms with E-state index >= 15 is 0 Å². The SMILES string of the molecule is COC(=O)c1cc(NC(=O)[C@@H](C)N2CCC[C@H]2c2ccsc2)cc(C(=O)OC)c1. The quantitative estimate of drug-likeness (QED) is 0.726. The summed E-state index contributed by atoms with van der Waals surface area (Å²) in [6, 6.07) is 6.30. The molecule has 2 atom stereocenters. The number of hydrogen-bond acceptors (Lipinski definition) is 7. The third kappa shape index (κ3) is 4.65. The molecule has 29 heavy (non-hydrogen) atoms. The van der Waals surface area contributed by atoms with Crippen molar-refractivity contribution in [1.29, 1.82) is 0 Å². The minimum atomic E-state index is -0.601. The average molecular weight is 416 g/mol. The van der Waals surface area contributed by atoms with E-state index in [2.05, 4.69) is 21.7 Å². The maximum atomic E-state index is 12.9. The maximum Gasteiger partial charge on any atom is 0.337 e. The van der Waals surface area contributed by atoms with E-state index in [9.17, 15) is 14.4 Å². The van der Waals surface area contributed by atoms with Gasteiger partial charge in [-0.3, -0.25) is 9.69 Å². The van der Waals surface area contributed by atoms with E-state index < -0.39 is 11.9 Å². The lowest BCUT2D eigenvalue weighted by Gasteiger charge is -2.29. The Balaban J connectivity index is 1.80. The van der Waals surface area contributed by atoms with Gasteiger partial charge in [-0.15, -0.1) is 0 Å². The lowest BCUT2D eigenvalue weighted by Crippen LogP contribution is -2.41. The summed E-state index contributed by atoms with van der Waals surface area (Å²) < 4.78 is 9.48. The van der Waals surface area contributed by atoms with Crippen LogP contribution in [0.25, 0.3) is 0 Å². The minimum Gasteiger partial charge on any atom is -0.465 e. The molecule has 1 N–H and O–H groups in total. The fourth-order valence-corrected chi connectivity index (χ4v) is 4.35. The predicted octanol–water partition coefficient (Wildman–Crippen LogP) is 3.49. The zero-order chi connectivity index (χ0) is 21.0. The van der Waals surface area contributed by atoms with Crippen molar-refractivity contribution in [3.05, 3.63) is 51.7 Å². The number of rotatable bonds is 6. The van der Waals surface area contributed by atoms with Gasteiger partial charge in [-0.25, -0.2) is 9.59 Å². The smallest absolute Gasteiger partial charge is 0.337 e. The fourth-order valence-electron chi connectivity index (χ4n) is 3.64. The van der Waals surface area contributed by atoms with E-state index in [0.29, 0.717) is 5.69 Å². The van der Waals surface area contributed by atoms with E-state index in [1.165, 1.54) is 38.0 Å². The number of likely N-dealkylation sites (tertiary alicyclic amines) is 1. The van der Waals surface area contributed by atoms with Gasteiger partial charge in [0, 0.05) is 11.7 Å². The Kier molecular flexibility index (Phi) is 6.66. The number of esters is 2. The molecule has 7 nitrogen and oxygen atoms in total. The predicted molar refractivity (Wildman–Crippen MR) is 110 cm³/mol. The Hall–Kier alpha value is -2.71. The standard InChI is InChI=1S/C21H24N2O5S/c1-13(23-7-4-5-18(23)14-6-8-29-12-14)19(24)22-17-10-15(20(25)27-2)9-16(11-17)21(26)28-3/h6,8-13,18H,4-5,7H2,1-3H3,(H,22,24)/t13-,18+/m1/s1. The Labute approximate surface area is 173 Å². The van der Waals surface area contributed by atoms with E-state index in [0.717, 1.165) is 19.4 Å². The zero-order valence-corrected chi connectivity index (χ0v) is 17.5. The largest absolute Gasteiger partial charge is 0.465 e. The summed E-state index contributed by atoms with van der Waals surface area (Å²) in [5.41, 5.74) is 1.90. The van der Waals surface area contributed by atoms with Crippen LogP contribution in [0, 0.1) is 0 Å². The van der Waals surface area contributed by atoms with Crippen molar-refractivity contribution in [3.63, 3.8) is 0 Å². The number of anilines is 1. The highest BCUT2D eigenvalue weighted by Gasteiger charge is 2.33. The van der Waals surface area contributed by atoms with Gasteiger partial charge in [0.1, 0.15) is 0 Å². The molecular weight excluding hydrogens is 392 g/mol. The van der Waals surface area contributed by atoms with Crippen molar-refractivity contribution in [2.75, 3.05) is 26.1 Å². The lowest BCUT2D eigenvalue weighted by atomic mass is 10.1. The van der Waals surface area contributed by atoms with Crippen LogP contribution in [-0.2, 0) is 14.3 Å². The number of thiophene rings is 1. The highest BCUT2D eigenvalue weighted by atomic mass is 32.1. The number of carbonyl (C=O) groups is 3. The first-order valence-electron chi connectivity index (χ1n) is 9.35. The van der Waals surface area contributed by atoms with Crippen LogP contribution in [0.2, 0.25) is 0 Å². The van der Waals surface area contributed by atoms with E-state index in [4.69, 9.17) is 9.47 Å². The van der Waals surface area contributed by atoms with Crippen molar-refractivity contribution >= 4 is 34.9 Å². The van der Waals surface area contributed by atoms with Crippen molar-refractivity contribution in [1.82, 2.24) is 4.90 Å². The second-order valence-corrected chi connectivity index (χ2v) is 7.68. The lowest BCUT2D eigenvalue weighted by molar-refractivity contribution is -0.121. The van der Waals surface area contributed by atoms with Crippen LogP contribution in [-0.4, -0.2) is 49.6 Å². The molecule has 2 aromatic rings. The Bertz CT molecular complexity index is 862. The molecule has 1 aliphatic rings. The summed E-state index contributed by atoms with van der Waals surface area (Å²) in [4.78, 5) is 39.0. The van der Waals surface area contributed by atoms with Gasteiger partial charge in [0.25, 0.3) is 0 Å². The maximum absolute atomic E-state index is 12.9. The molecule has 1 aromatic carbocycles. The molecule has 1 aromatic heterocycles. The van der Waals surface area contributed by atoms with Crippen LogP contribution in [0.4, 0.5) is 5.69 Å². The first-order chi connectivity index (χ1) is 13.9. The molecule has 1 aliphatic heterocycles. The Morgan fingerprint density at radius 2 is 1.79 bits per heavy atom. The van der Waals surface area contributed by atoms with E-state index in [-0.39, 0.29) is 29.1 Å². The van der Waals surface area contributed by atoms with Crippen LogP contribution >= 0.6 is 11.3 Å². The summed E-state index contributed by atoms with van der Waals surface area (Å²) in [6.45, 7) is 2.70. The van der Waals surface area contributed by atoms with Crippen molar-refractivity contribution in [3.8, 4) is 0 Å². The fraction of sp³-hybridized carbons (Fsp3) is 0.381. The van der Waals surface area contributed by atoms with Crippen molar-refractivity contribution < 1.29 is 23.9 Å². The van der Waals surface area contributed by atoms with Gasteiger partial charge in [-0.2, -0.15) is 11.3 Å². The third-order valence-corrected chi connectivity index (χ3v) is 5.84. The molecule has 1 fully saturated rings. The summed E-state index contributed by atoms with van der Waals surface area (Å²) >= 11 is 1.65. The van der Waals surface area contributed by atoms with Crippen LogP contribution in [0.15, 0.2) is 35.0 Å². The highest BCUT2D eigenvalue weighted by molar-refractivity contribution is 7.08. The van der Waals surface area contributed by atoms with E-state index in [1.807, 2.05) is 12.3 Å². The molecule has 154 valence electrons. The zero-order valence-electron chi connectivity index (χ0n) is 16.6. The molecule has 0 radical (unpaired) electrons. The van der Waals surface area contributed by atoms with Gasteiger partial charge in [-0.1, -0.05) is 0 Å². The van der Waals surface area contributed by atoms with Gasteiger partial charge in [0.15, 0.2) is 0 Å². The van der Waals surface area contributed by atoms with Gasteiger partial charge in [0.05, 0.1) is 31.4 Å². The first kappa shape index (κ1) is 21.0. The number of benzene rings is 1. The topological polar surface area (TPSA) is 84.9 Å². The van der Waals surface area contributed by atoms with Crippen molar-refractivity contribution in [2.45, 2.75) is 31.8 Å². The van der Waals surface area contributed by atoms with Crippen LogP contribution < -0.4 is 5.32 Å². The number of nitrogens with zero attached hydrogens (tertiary/aromatic N) is 1. The molecule has 2 heterocycles. The normalized spacial score (nSPS) is 17.6. The van der Waals surface area contributed by atoms with Crippen LogP contribution in [0.5, 0.6) is 0 Å². The number of nitrogens with one attached hydrogen (secondary N) is 1. The Morgan fingerprint density at radius 1 is 1.14 bits per heavy atom. The summed E-state index contributed by atoms with van der Waals surface area (Å²) in [5.74, 6) is -1.40. The second kappa shape index (κ2) is 9.19. The summed E-state index contributed by atoms with van der Waals surface area (Å²) in [6.07, 6.45) is 2.04. The second-order valence-electron chi connectivity index (χ2n) is 6.90. The molecule has 0 aliphatic carbocycles. The van der Waals surface area contributed by atoms with Crippen molar-refractivity contribution in [2.24, 2.45) is 0 Å². The summed E-state index contributed by atoms with van der Waals surface area (Å²) in [7, 11) is 2.51. The summed E-state index contributed by atoms with van der Waals surface area (Å²) in [5, 5.41) is 7.00. The molecule has 0 bridgehead atoms. The number of ether oxygens (including phenoxy) is 2. The minimum absolute atomic E-state index is 0.163. The molecule has 0 saturated carbocycles. The number of amides is 1. The molecule has 3 rings (SSSR count). The Morgan fingerprint density at radius 3 is 2.34 bits per heavy atom. The van der Waals surface area contributed by atoms with Crippen LogP contribution in [0.3, 0.4) is 0 Å². The van der Waals surface area contributed by atoms with Gasteiger partial charge in [0.2, 0.25) is 5.91 Å².